The first-order valence-electron chi connectivity index (χ1n) is 11.5. The van der Waals surface area contributed by atoms with Crippen molar-refractivity contribution in [2.75, 3.05) is 26.9 Å². The quantitative estimate of drug-likeness (QED) is 0.235. The molecule has 0 saturated heterocycles. The predicted molar refractivity (Wildman–Crippen MR) is 133 cm³/mol. The van der Waals surface area contributed by atoms with Gasteiger partial charge in [0.2, 0.25) is 0 Å². The van der Waals surface area contributed by atoms with Gasteiger partial charge in [-0.1, -0.05) is 35.9 Å². The molecule has 3 aromatic rings. The summed E-state index contributed by atoms with van der Waals surface area (Å²) in [4.78, 5) is 25.3. The summed E-state index contributed by atoms with van der Waals surface area (Å²) in [6.07, 6.45) is 1.99. The van der Waals surface area contributed by atoms with Gasteiger partial charge in [-0.3, -0.25) is 9.59 Å². The number of nitrogens with one attached hydrogen (secondary N) is 3. The summed E-state index contributed by atoms with van der Waals surface area (Å²) in [5, 5.41) is 16.4. The van der Waals surface area contributed by atoms with Crippen LogP contribution < -0.4 is 10.6 Å². The van der Waals surface area contributed by atoms with Crippen LogP contribution in [0, 0.1) is 5.82 Å². The molecule has 192 valence electrons. The normalized spacial score (nSPS) is 12.7. The van der Waals surface area contributed by atoms with Gasteiger partial charge in [0.25, 0.3) is 5.91 Å². The fourth-order valence-corrected chi connectivity index (χ4v) is 3.88. The molecular weight excluding hydrogens is 489 g/mol. The highest BCUT2D eigenvalue weighted by Crippen LogP contribution is 2.26. The number of hydrogen-bond acceptors (Lipinski definition) is 7. The highest BCUT2D eigenvalue weighted by Gasteiger charge is 2.26. The molecule has 0 spiro atoms. The SMILES string of the molecule is CCOC(=O)C(C[C@@H](Cc1ccc(-c2cc(Cl)ccc2F)cc1)NC(=O)c1cn[nH]n1)NCCOC. The zero-order chi connectivity index (χ0) is 25.9. The molecule has 36 heavy (non-hydrogen) atoms. The number of methoxy groups -OCH3 is 1. The molecule has 1 aromatic heterocycles. The van der Waals surface area contributed by atoms with Crippen LogP contribution in [-0.4, -0.2) is 66.2 Å². The van der Waals surface area contributed by atoms with Crippen LogP contribution in [-0.2, 0) is 20.7 Å². The van der Waals surface area contributed by atoms with Gasteiger partial charge >= 0.3 is 5.97 Å². The molecular formula is C25H29ClFN5O4. The van der Waals surface area contributed by atoms with Crippen molar-refractivity contribution in [3.8, 4) is 11.1 Å². The Kier molecular flexibility index (Phi) is 10.3. The lowest BCUT2D eigenvalue weighted by atomic mass is 9.96. The van der Waals surface area contributed by atoms with Gasteiger partial charge in [0, 0.05) is 30.3 Å². The number of aromatic nitrogens is 3. The van der Waals surface area contributed by atoms with Crippen molar-refractivity contribution in [3.05, 3.63) is 70.8 Å². The highest BCUT2D eigenvalue weighted by molar-refractivity contribution is 6.30. The maximum absolute atomic E-state index is 14.3. The van der Waals surface area contributed by atoms with Gasteiger partial charge in [0.05, 0.1) is 19.4 Å². The minimum Gasteiger partial charge on any atom is -0.465 e. The molecule has 2 atom stereocenters. The lowest BCUT2D eigenvalue weighted by Gasteiger charge is -2.24. The summed E-state index contributed by atoms with van der Waals surface area (Å²) >= 11 is 6.03. The van der Waals surface area contributed by atoms with Crippen molar-refractivity contribution in [2.24, 2.45) is 0 Å². The Labute approximate surface area is 213 Å². The van der Waals surface area contributed by atoms with E-state index >= 15 is 0 Å². The third-order valence-electron chi connectivity index (χ3n) is 5.45. The average Bonchev–Trinajstić information content (AvgIpc) is 3.41. The number of benzene rings is 2. The van der Waals surface area contributed by atoms with Gasteiger partial charge in [-0.05, 0) is 49.1 Å². The number of ether oxygens (including phenoxy) is 2. The number of carbonyl (C=O) groups is 2. The van der Waals surface area contributed by atoms with Crippen LogP contribution in [0.4, 0.5) is 4.39 Å². The monoisotopic (exact) mass is 517 g/mol. The van der Waals surface area contributed by atoms with Gasteiger partial charge in [-0.15, -0.1) is 0 Å². The minimum atomic E-state index is -0.664. The van der Waals surface area contributed by atoms with E-state index in [9.17, 15) is 14.0 Å². The summed E-state index contributed by atoms with van der Waals surface area (Å²) in [7, 11) is 1.57. The maximum Gasteiger partial charge on any atom is 0.323 e. The van der Waals surface area contributed by atoms with Crippen LogP contribution in [0.15, 0.2) is 48.7 Å². The van der Waals surface area contributed by atoms with Crippen LogP contribution >= 0.6 is 11.6 Å². The van der Waals surface area contributed by atoms with Gasteiger partial charge in [-0.25, -0.2) is 4.39 Å². The number of rotatable bonds is 13. The molecule has 0 radical (unpaired) electrons. The number of halogens is 2. The van der Waals surface area contributed by atoms with E-state index in [0.717, 1.165) is 5.56 Å². The van der Waals surface area contributed by atoms with E-state index in [1.165, 1.54) is 18.3 Å². The van der Waals surface area contributed by atoms with Crippen molar-refractivity contribution >= 4 is 23.5 Å². The fourth-order valence-electron chi connectivity index (χ4n) is 3.71. The Morgan fingerprint density at radius 3 is 2.64 bits per heavy atom. The molecule has 3 rings (SSSR count). The molecule has 0 bridgehead atoms. The first-order chi connectivity index (χ1) is 17.4. The van der Waals surface area contributed by atoms with E-state index < -0.39 is 24.0 Å². The number of esters is 1. The third-order valence-corrected chi connectivity index (χ3v) is 5.68. The van der Waals surface area contributed by atoms with Gasteiger partial charge in [-0.2, -0.15) is 15.4 Å². The molecule has 0 saturated carbocycles. The Morgan fingerprint density at radius 2 is 1.97 bits per heavy atom. The first kappa shape index (κ1) is 27.3. The summed E-state index contributed by atoms with van der Waals surface area (Å²) in [6, 6.07) is 10.6. The molecule has 11 heteroatoms. The summed E-state index contributed by atoms with van der Waals surface area (Å²) in [5.41, 5.74) is 2.08. The van der Waals surface area contributed by atoms with Gasteiger partial charge in [0.15, 0.2) is 5.69 Å². The standard InChI is InChI=1S/C25H29ClFN5O4/c1-3-36-25(34)22(28-10-11-35-2)14-19(30-24(33)23-15-29-32-31-23)12-16-4-6-17(7-5-16)20-13-18(26)8-9-21(20)27/h4-9,13,15,19,22,28H,3,10-12,14H2,1-2H3,(H,30,33)(H,29,31,32)/t19-,22?/m1/s1. The molecule has 0 aliphatic heterocycles. The van der Waals surface area contributed by atoms with Crippen molar-refractivity contribution in [1.29, 1.82) is 0 Å². The van der Waals surface area contributed by atoms with E-state index in [-0.39, 0.29) is 24.5 Å². The number of carbonyl (C=O) groups excluding carboxylic acids is 2. The number of H-pyrrole nitrogens is 1. The maximum atomic E-state index is 14.3. The fraction of sp³-hybridized carbons (Fsp3) is 0.360. The highest BCUT2D eigenvalue weighted by atomic mass is 35.5. The van der Waals surface area contributed by atoms with Gasteiger partial charge < -0.3 is 20.1 Å². The Balaban J connectivity index is 1.79. The Morgan fingerprint density at radius 1 is 1.19 bits per heavy atom. The predicted octanol–water partition coefficient (Wildman–Crippen LogP) is 3.16. The van der Waals surface area contributed by atoms with E-state index in [1.807, 2.05) is 12.1 Å². The molecule has 9 nitrogen and oxygen atoms in total. The van der Waals surface area contributed by atoms with Crippen molar-refractivity contribution in [1.82, 2.24) is 26.0 Å². The number of amides is 1. The second kappa shape index (κ2) is 13.7. The number of hydrogen-bond donors (Lipinski definition) is 3. The van der Waals surface area contributed by atoms with Crippen LogP contribution in [0.5, 0.6) is 0 Å². The molecule has 1 amide bonds. The zero-order valence-electron chi connectivity index (χ0n) is 20.1. The molecule has 0 fully saturated rings. The van der Waals surface area contributed by atoms with Crippen molar-refractivity contribution in [2.45, 2.75) is 31.8 Å². The molecule has 1 heterocycles. The Bertz CT molecular complexity index is 1130. The van der Waals surface area contributed by atoms with E-state index in [0.29, 0.717) is 35.7 Å². The number of nitrogens with zero attached hydrogens (tertiary/aromatic N) is 2. The molecule has 0 aliphatic rings. The first-order valence-corrected chi connectivity index (χ1v) is 11.9. The van der Waals surface area contributed by atoms with Crippen molar-refractivity contribution < 1.29 is 23.5 Å². The van der Waals surface area contributed by atoms with E-state index in [4.69, 9.17) is 21.1 Å². The second-order valence-electron chi connectivity index (χ2n) is 8.04. The molecule has 3 N–H and O–H groups in total. The summed E-state index contributed by atoms with van der Waals surface area (Å²) in [6.45, 7) is 2.81. The zero-order valence-corrected chi connectivity index (χ0v) is 20.8. The van der Waals surface area contributed by atoms with E-state index in [1.54, 1.807) is 32.2 Å². The Hall–Kier alpha value is -3.34. The van der Waals surface area contributed by atoms with Crippen LogP contribution in [0.1, 0.15) is 29.4 Å². The van der Waals surface area contributed by atoms with Gasteiger partial charge in [0.1, 0.15) is 11.9 Å². The largest absolute Gasteiger partial charge is 0.465 e. The smallest absolute Gasteiger partial charge is 0.323 e. The topological polar surface area (TPSA) is 118 Å². The number of aromatic amines is 1. The van der Waals surface area contributed by atoms with E-state index in [2.05, 4.69) is 26.0 Å². The second-order valence-corrected chi connectivity index (χ2v) is 8.47. The average molecular weight is 518 g/mol. The van der Waals surface area contributed by atoms with Crippen LogP contribution in [0.2, 0.25) is 5.02 Å². The summed E-state index contributed by atoms with van der Waals surface area (Å²) in [5.74, 6) is -1.21. The van der Waals surface area contributed by atoms with Crippen molar-refractivity contribution in [3.63, 3.8) is 0 Å². The third kappa shape index (κ3) is 7.84. The minimum absolute atomic E-state index is 0.131. The molecule has 1 unspecified atom stereocenters. The molecule has 2 aromatic carbocycles. The van der Waals surface area contributed by atoms with Crippen LogP contribution in [0.3, 0.4) is 0 Å². The lowest BCUT2D eigenvalue weighted by molar-refractivity contribution is -0.146. The van der Waals surface area contributed by atoms with Crippen LogP contribution in [0.25, 0.3) is 11.1 Å². The summed E-state index contributed by atoms with van der Waals surface area (Å²) < 4.78 is 24.6. The molecule has 0 aliphatic carbocycles. The lowest BCUT2D eigenvalue weighted by Crippen LogP contribution is -2.47.